The summed E-state index contributed by atoms with van der Waals surface area (Å²) in [6, 6.07) is 8.97. The first-order chi connectivity index (χ1) is 27.4. The number of nitrogens with zero attached hydrogens (tertiary/aromatic N) is 4. The Hall–Kier alpha value is -5.64. The Kier molecular flexibility index (Phi) is 11.4. The highest BCUT2D eigenvalue weighted by Crippen LogP contribution is 2.35. The summed E-state index contributed by atoms with van der Waals surface area (Å²) in [7, 11) is 2.54. The van der Waals surface area contributed by atoms with E-state index in [9.17, 15) is 24.0 Å². The second-order valence-corrected chi connectivity index (χ2v) is 16.2. The molecule has 16 heteroatoms. The fourth-order valence-electron chi connectivity index (χ4n) is 7.72. The minimum atomic E-state index is -0.749. The lowest BCUT2D eigenvalue weighted by atomic mass is 9.96. The van der Waals surface area contributed by atoms with Crippen LogP contribution in [0.4, 0.5) is 9.59 Å². The van der Waals surface area contributed by atoms with Gasteiger partial charge in [0.05, 0.1) is 54.8 Å². The molecule has 300 valence electrons. The Labute approximate surface area is 333 Å². The quantitative estimate of drug-likeness (QED) is 0.164. The third-order valence-electron chi connectivity index (χ3n) is 10.9. The molecule has 3 aliphatic heterocycles. The van der Waals surface area contributed by atoms with Gasteiger partial charge in [0, 0.05) is 36.2 Å². The number of methoxy groups -OCH3 is 2. The van der Waals surface area contributed by atoms with Crippen LogP contribution in [-0.4, -0.2) is 100.0 Å². The second-order valence-electron chi connectivity index (χ2n) is 15.2. The predicted octanol–water partition coefficient (Wildman–Crippen LogP) is 5.85. The fraction of sp³-hybridized carbons (Fsp3) is 0.439. The Morgan fingerprint density at radius 2 is 1.56 bits per heavy atom. The van der Waals surface area contributed by atoms with Crippen molar-refractivity contribution in [1.82, 2.24) is 30.4 Å². The number of allylic oxidation sites excluding steroid dienone is 1. The van der Waals surface area contributed by atoms with E-state index >= 15 is 0 Å². The van der Waals surface area contributed by atoms with Crippen LogP contribution in [0.1, 0.15) is 64.4 Å². The number of hydrogen-bond donors (Lipinski definition) is 3. The fourth-order valence-corrected chi connectivity index (χ4v) is 8.89. The molecule has 0 radical (unpaired) electrons. The number of H-pyrrole nitrogens is 1. The maximum Gasteiger partial charge on any atom is 0.407 e. The van der Waals surface area contributed by atoms with Gasteiger partial charge >= 0.3 is 12.2 Å². The number of carbonyl (C=O) groups is 4. The van der Waals surface area contributed by atoms with Gasteiger partial charge in [0.1, 0.15) is 29.1 Å². The summed E-state index contributed by atoms with van der Waals surface area (Å²) < 4.78 is 15.8. The highest BCUT2D eigenvalue weighted by molar-refractivity contribution is 7.99. The van der Waals surface area contributed by atoms with E-state index in [1.54, 1.807) is 41.1 Å². The molecule has 2 aromatic heterocycles. The zero-order valence-corrected chi connectivity index (χ0v) is 33.6. The zero-order chi connectivity index (χ0) is 40.5. The molecule has 0 aliphatic carbocycles. The molecule has 7 rings (SSSR count). The number of aliphatic imine (C=N–C) groups is 1. The molecule has 0 saturated carbocycles. The van der Waals surface area contributed by atoms with E-state index in [1.807, 2.05) is 57.0 Å². The van der Waals surface area contributed by atoms with Gasteiger partial charge in [-0.05, 0) is 66.1 Å². The van der Waals surface area contributed by atoms with Crippen molar-refractivity contribution in [2.45, 2.75) is 71.1 Å². The lowest BCUT2D eigenvalue weighted by Crippen LogP contribution is -2.53. The molecule has 15 nitrogen and oxygen atoms in total. The van der Waals surface area contributed by atoms with Crippen LogP contribution in [0.2, 0.25) is 0 Å². The summed E-state index contributed by atoms with van der Waals surface area (Å²) in [5.74, 6) is 1.06. The number of aromatic nitrogens is 2. The lowest BCUT2D eigenvalue weighted by Gasteiger charge is -2.31. The van der Waals surface area contributed by atoms with Crippen molar-refractivity contribution in [3.63, 3.8) is 0 Å². The highest BCUT2D eigenvalue weighted by Gasteiger charge is 2.40. The van der Waals surface area contributed by atoms with Crippen LogP contribution in [0.25, 0.3) is 38.8 Å². The van der Waals surface area contributed by atoms with Crippen molar-refractivity contribution >= 4 is 69.0 Å². The van der Waals surface area contributed by atoms with E-state index in [4.69, 9.17) is 18.9 Å². The van der Waals surface area contributed by atoms with Crippen LogP contribution in [0.3, 0.4) is 0 Å². The first-order valence-electron chi connectivity index (χ1n) is 19.1. The molecule has 0 spiro atoms. The Balaban J connectivity index is 1.07. The van der Waals surface area contributed by atoms with E-state index in [1.165, 1.54) is 14.2 Å². The molecule has 2 fully saturated rings. The van der Waals surface area contributed by atoms with Crippen molar-refractivity contribution in [2.24, 2.45) is 16.8 Å². The Morgan fingerprint density at radius 1 is 0.877 bits per heavy atom. The smallest absolute Gasteiger partial charge is 0.407 e. The number of hydrogen-bond acceptors (Lipinski definition) is 11. The maximum absolute atomic E-state index is 13.9. The molecule has 57 heavy (non-hydrogen) atoms. The normalized spacial score (nSPS) is 19.2. The average molecular weight is 798 g/mol. The van der Waals surface area contributed by atoms with Crippen LogP contribution < -0.4 is 16.1 Å². The molecule has 4 aromatic rings. The van der Waals surface area contributed by atoms with E-state index in [2.05, 4.69) is 20.6 Å². The van der Waals surface area contributed by atoms with Crippen LogP contribution in [0.5, 0.6) is 0 Å². The number of nitrogens with one attached hydrogen (secondary N) is 3. The molecule has 4 atom stereocenters. The minimum Gasteiger partial charge on any atom is -0.456 e. The number of carbonyl (C=O) groups excluding carboxylic acids is 4. The van der Waals surface area contributed by atoms with Gasteiger partial charge in [-0.1, -0.05) is 33.8 Å². The number of rotatable bonds is 10. The van der Waals surface area contributed by atoms with Crippen LogP contribution in [0.15, 0.2) is 63.0 Å². The third-order valence-corrected chi connectivity index (χ3v) is 11.9. The van der Waals surface area contributed by atoms with Gasteiger partial charge in [-0.25, -0.2) is 14.6 Å². The topological polar surface area (TPSA) is 189 Å². The first-order valence-corrected chi connectivity index (χ1v) is 20.2. The number of ether oxygens (including phenoxy) is 2. The van der Waals surface area contributed by atoms with E-state index in [-0.39, 0.29) is 41.2 Å². The average Bonchev–Trinajstić information content (AvgIpc) is 4.05. The number of alkyl carbamates (subject to hydrolysis) is 2. The minimum absolute atomic E-state index is 0.126. The molecule has 2 saturated heterocycles. The summed E-state index contributed by atoms with van der Waals surface area (Å²) in [6.07, 6.45) is 4.36. The standard InChI is InChI=1S/C41H47N7O8S/c1-21(2)34(45-40(52)54-5)38(50)47-13-7-8-30(47)28-15-25(17-42-28)23-9-11-26-33(16-23)56-32-12-10-24(14-27(32)36(26)49)29-18-43-37(44-29)31-19-57-20-48(31)39(51)35(22(3)4)46-41(53)55-6/h9-12,14,16-18,21-22,30-31,34-35H,7-8,13,15,19-20H2,1-6H3,(H,43,44)(H,45,52)(H,46,53)/t30-,31-,34-,35-/m0/s1. The predicted molar refractivity (Wildman–Crippen MR) is 218 cm³/mol. The van der Waals surface area contributed by atoms with Crippen molar-refractivity contribution in [3.8, 4) is 11.3 Å². The maximum atomic E-state index is 13.9. The molecular formula is C41H47N7O8S. The van der Waals surface area contributed by atoms with Crippen LogP contribution >= 0.6 is 11.8 Å². The van der Waals surface area contributed by atoms with E-state index < -0.39 is 24.3 Å². The second kappa shape index (κ2) is 16.5. The SMILES string of the molecule is COC(=O)N[C@H](C(=O)N1CCC[C@H]1C1=NC=C(c2ccc3c(=O)c4cc(-c5cnc([C@@H]6CSCN6C(=O)[C@@H](NC(=O)OC)C(C)C)[nH]5)ccc4oc3c2)C1)C(C)C. The largest absolute Gasteiger partial charge is 0.456 e. The number of aromatic amines is 1. The van der Waals surface area contributed by atoms with Crippen molar-refractivity contribution < 1.29 is 33.1 Å². The van der Waals surface area contributed by atoms with Crippen molar-refractivity contribution in [1.29, 1.82) is 0 Å². The number of amides is 4. The molecule has 0 bridgehead atoms. The number of benzene rings is 2. The summed E-state index contributed by atoms with van der Waals surface area (Å²) in [6.45, 7) is 8.09. The number of fused-ring (bicyclic) bond motifs is 2. The molecule has 5 heterocycles. The molecule has 3 N–H and O–H groups in total. The highest BCUT2D eigenvalue weighted by atomic mass is 32.2. The van der Waals surface area contributed by atoms with Gasteiger partial charge in [-0.2, -0.15) is 0 Å². The number of imidazole rings is 1. The summed E-state index contributed by atoms with van der Waals surface area (Å²) in [5.41, 5.74) is 4.84. The molecule has 2 aromatic carbocycles. The first kappa shape index (κ1) is 39.6. The Bertz CT molecular complexity index is 2350. The third kappa shape index (κ3) is 7.87. The number of thioether (sulfide) groups is 1. The molecule has 4 amide bonds. The monoisotopic (exact) mass is 797 g/mol. The van der Waals surface area contributed by atoms with Gasteiger partial charge in [0.15, 0.2) is 0 Å². The van der Waals surface area contributed by atoms with E-state index in [0.29, 0.717) is 58.1 Å². The van der Waals surface area contributed by atoms with Crippen LogP contribution in [-0.2, 0) is 19.1 Å². The van der Waals surface area contributed by atoms with Gasteiger partial charge < -0.3 is 39.3 Å². The lowest BCUT2D eigenvalue weighted by molar-refractivity contribution is -0.135. The van der Waals surface area contributed by atoms with Crippen molar-refractivity contribution in [3.05, 3.63) is 70.4 Å². The number of likely N-dealkylation sites (tertiary alicyclic amines) is 1. The molecular weight excluding hydrogens is 751 g/mol. The van der Waals surface area contributed by atoms with E-state index in [0.717, 1.165) is 35.3 Å². The van der Waals surface area contributed by atoms with Gasteiger partial charge in [-0.3, -0.25) is 19.4 Å². The summed E-state index contributed by atoms with van der Waals surface area (Å²) >= 11 is 1.60. The Morgan fingerprint density at radius 3 is 2.25 bits per heavy atom. The van der Waals surface area contributed by atoms with Crippen molar-refractivity contribution in [2.75, 3.05) is 32.4 Å². The van der Waals surface area contributed by atoms with Gasteiger partial charge in [0.25, 0.3) is 0 Å². The van der Waals surface area contributed by atoms with Gasteiger partial charge in [-0.15, -0.1) is 11.8 Å². The zero-order valence-electron chi connectivity index (χ0n) is 32.8. The van der Waals surface area contributed by atoms with Gasteiger partial charge in [0.2, 0.25) is 17.2 Å². The van der Waals surface area contributed by atoms with Crippen LogP contribution in [0, 0.1) is 11.8 Å². The molecule has 0 unspecified atom stereocenters. The summed E-state index contributed by atoms with van der Waals surface area (Å²) in [4.78, 5) is 81.3. The summed E-state index contributed by atoms with van der Waals surface area (Å²) in [5, 5.41) is 6.22. The molecule has 3 aliphatic rings.